The lowest BCUT2D eigenvalue weighted by Gasteiger charge is -2.14. The number of rotatable bonds is 6. The Kier molecular flexibility index (Phi) is 5.50. The zero-order valence-corrected chi connectivity index (χ0v) is 18.7. The second-order valence-electron chi connectivity index (χ2n) is 8.27. The van der Waals surface area contributed by atoms with Gasteiger partial charge >= 0.3 is 5.69 Å². The van der Waals surface area contributed by atoms with Gasteiger partial charge in [-0.05, 0) is 31.7 Å². The highest BCUT2D eigenvalue weighted by Crippen LogP contribution is 2.23. The molecular weight excluding hydrogens is 410 g/mol. The predicted molar refractivity (Wildman–Crippen MR) is 123 cm³/mol. The second-order valence-corrected chi connectivity index (χ2v) is 8.27. The SMILES string of the molecule is CCn1c(=O)c2c(nc3n(Cc4ccccc4)c(=O)c(CC(C)C)c(O)n23)n(CC)c1=O. The fraction of sp³-hybridized carbons (Fsp3) is 0.391. The van der Waals surface area contributed by atoms with Crippen molar-refractivity contribution in [3.63, 3.8) is 0 Å². The summed E-state index contributed by atoms with van der Waals surface area (Å²) < 4.78 is 5.31. The molecule has 0 aliphatic carbocycles. The van der Waals surface area contributed by atoms with Crippen molar-refractivity contribution >= 4 is 16.9 Å². The van der Waals surface area contributed by atoms with Crippen LogP contribution in [0.1, 0.15) is 38.8 Å². The molecule has 9 heteroatoms. The summed E-state index contributed by atoms with van der Waals surface area (Å²) >= 11 is 0. The average molecular weight is 438 g/mol. The molecule has 0 radical (unpaired) electrons. The van der Waals surface area contributed by atoms with Crippen molar-refractivity contribution in [2.24, 2.45) is 5.92 Å². The first-order valence-electron chi connectivity index (χ1n) is 10.8. The number of aryl methyl sites for hydroxylation is 1. The summed E-state index contributed by atoms with van der Waals surface area (Å²) in [5.41, 5.74) is -0.0136. The fourth-order valence-electron chi connectivity index (χ4n) is 4.15. The van der Waals surface area contributed by atoms with E-state index in [9.17, 15) is 19.5 Å². The first kappa shape index (κ1) is 21.6. The van der Waals surface area contributed by atoms with Crippen molar-refractivity contribution < 1.29 is 5.11 Å². The van der Waals surface area contributed by atoms with Gasteiger partial charge in [0.05, 0.1) is 12.1 Å². The molecule has 3 aromatic heterocycles. The number of benzene rings is 1. The monoisotopic (exact) mass is 437 g/mol. The molecule has 0 fully saturated rings. The maximum absolute atomic E-state index is 13.4. The van der Waals surface area contributed by atoms with E-state index in [0.717, 1.165) is 10.1 Å². The molecule has 1 aromatic carbocycles. The first-order valence-corrected chi connectivity index (χ1v) is 10.8. The van der Waals surface area contributed by atoms with Crippen LogP contribution in [-0.2, 0) is 26.1 Å². The molecule has 0 bridgehead atoms. The highest BCUT2D eigenvalue weighted by atomic mass is 16.3. The molecule has 0 saturated carbocycles. The van der Waals surface area contributed by atoms with E-state index in [0.29, 0.717) is 13.0 Å². The van der Waals surface area contributed by atoms with Gasteiger partial charge in [-0.2, -0.15) is 4.98 Å². The zero-order valence-electron chi connectivity index (χ0n) is 18.7. The molecular formula is C23H27N5O4. The molecule has 0 aliphatic rings. The van der Waals surface area contributed by atoms with Crippen LogP contribution in [0.5, 0.6) is 5.88 Å². The van der Waals surface area contributed by atoms with Crippen molar-refractivity contribution in [1.29, 1.82) is 0 Å². The van der Waals surface area contributed by atoms with Crippen LogP contribution in [0.2, 0.25) is 0 Å². The van der Waals surface area contributed by atoms with Gasteiger partial charge in [-0.15, -0.1) is 0 Å². The van der Waals surface area contributed by atoms with Crippen LogP contribution in [0.25, 0.3) is 16.9 Å². The predicted octanol–water partition coefficient (Wildman–Crippen LogP) is 1.96. The van der Waals surface area contributed by atoms with Crippen LogP contribution in [-0.4, -0.2) is 28.2 Å². The van der Waals surface area contributed by atoms with Crippen molar-refractivity contribution in [2.45, 2.75) is 53.8 Å². The lowest BCUT2D eigenvalue weighted by molar-refractivity contribution is 0.428. The molecule has 0 aliphatic heterocycles. The third-order valence-electron chi connectivity index (χ3n) is 5.66. The summed E-state index contributed by atoms with van der Waals surface area (Å²) in [5.74, 6) is -0.0647. The molecule has 0 saturated heterocycles. The van der Waals surface area contributed by atoms with Crippen molar-refractivity contribution in [1.82, 2.24) is 23.1 Å². The van der Waals surface area contributed by atoms with E-state index in [1.807, 2.05) is 44.2 Å². The van der Waals surface area contributed by atoms with E-state index in [-0.39, 0.29) is 53.0 Å². The highest BCUT2D eigenvalue weighted by molar-refractivity contribution is 5.76. The Labute approximate surface area is 183 Å². The molecule has 32 heavy (non-hydrogen) atoms. The largest absolute Gasteiger partial charge is 0.494 e. The van der Waals surface area contributed by atoms with E-state index < -0.39 is 11.2 Å². The standard InChI is InChI=1S/C23H27N5O4/c1-5-25-18-17(21(31)26(6-2)23(25)32)28-20(30)16(12-14(3)4)19(29)27(22(28)24-18)13-15-10-8-7-9-11-15/h7-11,14,30H,5-6,12-13H2,1-4H3. The van der Waals surface area contributed by atoms with Crippen molar-refractivity contribution in [3.8, 4) is 5.88 Å². The maximum Gasteiger partial charge on any atom is 0.332 e. The van der Waals surface area contributed by atoms with Crippen LogP contribution < -0.4 is 16.8 Å². The Balaban J connectivity index is 2.22. The summed E-state index contributed by atoms with van der Waals surface area (Å²) in [6, 6.07) is 9.44. The van der Waals surface area contributed by atoms with Crippen LogP contribution in [0.15, 0.2) is 44.7 Å². The van der Waals surface area contributed by atoms with E-state index in [1.54, 1.807) is 13.8 Å². The Morgan fingerprint density at radius 1 is 0.938 bits per heavy atom. The Bertz CT molecular complexity index is 1490. The van der Waals surface area contributed by atoms with Crippen LogP contribution >= 0.6 is 0 Å². The molecule has 0 amide bonds. The molecule has 0 unspecified atom stereocenters. The summed E-state index contributed by atoms with van der Waals surface area (Å²) in [5, 5.41) is 11.2. The number of hydrogen-bond donors (Lipinski definition) is 1. The maximum atomic E-state index is 13.4. The van der Waals surface area contributed by atoms with E-state index in [2.05, 4.69) is 4.98 Å². The van der Waals surface area contributed by atoms with Gasteiger partial charge in [-0.25, -0.2) is 9.20 Å². The van der Waals surface area contributed by atoms with E-state index in [4.69, 9.17) is 0 Å². The lowest BCUT2D eigenvalue weighted by atomic mass is 10.1. The average Bonchev–Trinajstić information content (AvgIpc) is 3.16. The van der Waals surface area contributed by atoms with Gasteiger partial charge in [0.1, 0.15) is 0 Å². The number of imidazole rings is 1. The third kappa shape index (κ3) is 3.24. The van der Waals surface area contributed by atoms with Crippen molar-refractivity contribution in [2.75, 3.05) is 0 Å². The van der Waals surface area contributed by atoms with Gasteiger partial charge in [0, 0.05) is 13.1 Å². The number of hydrogen-bond acceptors (Lipinski definition) is 5. The van der Waals surface area contributed by atoms with Gasteiger partial charge in [0.15, 0.2) is 11.2 Å². The summed E-state index contributed by atoms with van der Waals surface area (Å²) in [6.07, 6.45) is 0.338. The van der Waals surface area contributed by atoms with Gasteiger partial charge < -0.3 is 5.11 Å². The molecule has 1 N–H and O–H groups in total. The first-order chi connectivity index (χ1) is 15.3. The minimum absolute atomic E-state index is 0.0904. The highest BCUT2D eigenvalue weighted by Gasteiger charge is 2.25. The van der Waals surface area contributed by atoms with Gasteiger partial charge in [0.25, 0.3) is 11.1 Å². The van der Waals surface area contributed by atoms with E-state index >= 15 is 0 Å². The van der Waals surface area contributed by atoms with Crippen LogP contribution in [0.4, 0.5) is 0 Å². The van der Waals surface area contributed by atoms with E-state index in [1.165, 1.54) is 13.5 Å². The molecule has 168 valence electrons. The smallest absolute Gasteiger partial charge is 0.332 e. The number of aromatic hydroxyl groups is 1. The molecule has 4 aromatic rings. The summed E-state index contributed by atoms with van der Waals surface area (Å²) in [6.45, 7) is 8.11. The zero-order chi connectivity index (χ0) is 23.2. The molecule has 0 spiro atoms. The van der Waals surface area contributed by atoms with Crippen molar-refractivity contribution in [3.05, 3.63) is 72.7 Å². The normalized spacial score (nSPS) is 11.8. The summed E-state index contributed by atoms with van der Waals surface area (Å²) in [7, 11) is 0. The fourth-order valence-corrected chi connectivity index (χ4v) is 4.15. The third-order valence-corrected chi connectivity index (χ3v) is 5.66. The Morgan fingerprint density at radius 2 is 1.59 bits per heavy atom. The lowest BCUT2D eigenvalue weighted by Crippen LogP contribution is -2.39. The second kappa shape index (κ2) is 8.14. The van der Waals surface area contributed by atoms with Gasteiger partial charge in [-0.3, -0.25) is 23.3 Å². The quantitative estimate of drug-likeness (QED) is 0.497. The summed E-state index contributed by atoms with van der Waals surface area (Å²) in [4.78, 5) is 44.1. The minimum atomic E-state index is -0.541. The molecule has 3 heterocycles. The Hall–Kier alpha value is -3.62. The topological polar surface area (TPSA) is 104 Å². The van der Waals surface area contributed by atoms with Crippen LogP contribution in [0.3, 0.4) is 0 Å². The number of fused-ring (bicyclic) bond motifs is 3. The minimum Gasteiger partial charge on any atom is -0.494 e. The number of nitrogens with zero attached hydrogens (tertiary/aromatic N) is 5. The Morgan fingerprint density at radius 3 is 2.19 bits per heavy atom. The number of aromatic nitrogens is 5. The molecule has 9 nitrogen and oxygen atoms in total. The molecule has 4 rings (SSSR count). The van der Waals surface area contributed by atoms with Gasteiger partial charge in [0.2, 0.25) is 11.7 Å². The van der Waals surface area contributed by atoms with Crippen LogP contribution in [0, 0.1) is 5.92 Å². The van der Waals surface area contributed by atoms with Gasteiger partial charge in [-0.1, -0.05) is 44.2 Å². The molecule has 0 atom stereocenters.